The molecule has 0 bridgehead atoms. The number of nitrogens with zero attached hydrogens (tertiary/aromatic N) is 6. The van der Waals surface area contributed by atoms with E-state index in [0.717, 1.165) is 0 Å². The minimum atomic E-state index is -0.0836. The number of thiazole rings is 1. The minimum absolute atomic E-state index is 0.0836. The number of hydrogen-bond donors (Lipinski definition) is 1. The summed E-state index contributed by atoms with van der Waals surface area (Å²) >= 11 is 1.31. The molecule has 2 aromatic heterocycles. The van der Waals surface area contributed by atoms with Crippen molar-refractivity contribution in [2.24, 2.45) is 0 Å². The fourth-order valence-electron chi connectivity index (χ4n) is 2.83. The third-order valence-electron chi connectivity index (χ3n) is 4.36. The first-order chi connectivity index (χ1) is 14.5. The first kappa shape index (κ1) is 20.0. The number of anilines is 2. The van der Waals surface area contributed by atoms with Crippen LogP contribution >= 0.6 is 11.3 Å². The summed E-state index contributed by atoms with van der Waals surface area (Å²) in [5.41, 5.74) is 6.89. The SMILES string of the molecule is CN(C)C(=O)c1ccc(Oc2nc(-c3csc(N)n3)nc(N3CCOCC3)n2)cc1. The summed E-state index contributed by atoms with van der Waals surface area (Å²) in [6.45, 7) is 2.54. The van der Waals surface area contributed by atoms with Crippen LogP contribution in [0.3, 0.4) is 0 Å². The van der Waals surface area contributed by atoms with Gasteiger partial charge in [0.05, 0.1) is 13.2 Å². The van der Waals surface area contributed by atoms with Gasteiger partial charge in [0.25, 0.3) is 5.91 Å². The van der Waals surface area contributed by atoms with E-state index in [1.54, 1.807) is 43.7 Å². The van der Waals surface area contributed by atoms with Crippen LogP contribution in [0.25, 0.3) is 11.5 Å². The van der Waals surface area contributed by atoms with Gasteiger partial charge in [0, 0.05) is 38.1 Å². The van der Waals surface area contributed by atoms with Crippen LogP contribution in [0.15, 0.2) is 29.6 Å². The summed E-state index contributed by atoms with van der Waals surface area (Å²) in [6.07, 6.45) is 0. The maximum absolute atomic E-state index is 12.1. The van der Waals surface area contributed by atoms with Crippen molar-refractivity contribution in [3.05, 3.63) is 35.2 Å². The van der Waals surface area contributed by atoms with Gasteiger partial charge < -0.3 is 25.0 Å². The van der Waals surface area contributed by atoms with E-state index in [0.29, 0.717) is 60.2 Å². The molecule has 2 N–H and O–H groups in total. The lowest BCUT2D eigenvalue weighted by Gasteiger charge is -2.26. The van der Waals surface area contributed by atoms with Crippen molar-refractivity contribution >= 4 is 28.3 Å². The van der Waals surface area contributed by atoms with Crippen LogP contribution in [-0.4, -0.2) is 71.1 Å². The summed E-state index contributed by atoms with van der Waals surface area (Å²) in [4.78, 5) is 33.3. The van der Waals surface area contributed by atoms with E-state index >= 15 is 0 Å². The van der Waals surface area contributed by atoms with Crippen LogP contribution in [0, 0.1) is 0 Å². The molecule has 1 saturated heterocycles. The number of amides is 1. The van der Waals surface area contributed by atoms with Gasteiger partial charge in [-0.15, -0.1) is 11.3 Å². The summed E-state index contributed by atoms with van der Waals surface area (Å²) in [6, 6.07) is 6.94. The third-order valence-corrected chi connectivity index (χ3v) is 5.04. The fourth-order valence-corrected chi connectivity index (χ4v) is 3.37. The Morgan fingerprint density at radius 3 is 2.50 bits per heavy atom. The molecule has 10 nitrogen and oxygen atoms in total. The highest BCUT2D eigenvalue weighted by Gasteiger charge is 2.19. The summed E-state index contributed by atoms with van der Waals surface area (Å²) in [5, 5.41) is 2.22. The second-order valence-corrected chi connectivity index (χ2v) is 7.63. The maximum Gasteiger partial charge on any atom is 0.327 e. The van der Waals surface area contributed by atoms with Gasteiger partial charge in [-0.3, -0.25) is 4.79 Å². The second kappa shape index (κ2) is 8.59. The molecule has 3 heterocycles. The summed E-state index contributed by atoms with van der Waals surface area (Å²) in [7, 11) is 3.41. The smallest absolute Gasteiger partial charge is 0.327 e. The molecule has 156 valence electrons. The number of nitrogen functional groups attached to an aromatic ring is 1. The molecular formula is C19H21N7O3S. The van der Waals surface area contributed by atoms with Crippen LogP contribution < -0.4 is 15.4 Å². The number of carbonyl (C=O) groups excluding carboxylic acids is 1. The number of morpholine rings is 1. The van der Waals surface area contributed by atoms with E-state index in [1.807, 2.05) is 4.90 Å². The Hall–Kier alpha value is -3.31. The average Bonchev–Trinajstić information content (AvgIpc) is 3.20. The normalized spacial score (nSPS) is 13.9. The minimum Gasteiger partial charge on any atom is -0.424 e. The Bertz CT molecular complexity index is 1030. The molecule has 0 unspecified atom stereocenters. The zero-order chi connectivity index (χ0) is 21.1. The Labute approximate surface area is 177 Å². The van der Waals surface area contributed by atoms with E-state index in [4.69, 9.17) is 15.2 Å². The van der Waals surface area contributed by atoms with Gasteiger partial charge in [-0.2, -0.15) is 15.0 Å². The zero-order valence-electron chi connectivity index (χ0n) is 16.6. The molecule has 0 radical (unpaired) electrons. The lowest BCUT2D eigenvalue weighted by atomic mass is 10.2. The van der Waals surface area contributed by atoms with Crippen molar-refractivity contribution < 1.29 is 14.3 Å². The average molecular weight is 427 g/mol. The van der Waals surface area contributed by atoms with Crippen LogP contribution in [0.5, 0.6) is 11.8 Å². The number of rotatable bonds is 5. The molecule has 1 fully saturated rings. The van der Waals surface area contributed by atoms with Gasteiger partial charge in [-0.25, -0.2) is 4.98 Å². The van der Waals surface area contributed by atoms with Gasteiger partial charge in [-0.1, -0.05) is 0 Å². The largest absolute Gasteiger partial charge is 0.424 e. The first-order valence-corrected chi connectivity index (χ1v) is 10.2. The standard InChI is InChI=1S/C19H21N7O3S/c1-25(2)16(27)12-3-5-13(6-4-12)29-19-23-15(14-11-30-17(20)21-14)22-18(24-19)26-7-9-28-10-8-26/h3-6,11H,7-10H2,1-2H3,(H2,20,21). The molecule has 4 rings (SSSR count). The van der Waals surface area contributed by atoms with Crippen LogP contribution in [0.1, 0.15) is 10.4 Å². The zero-order valence-corrected chi connectivity index (χ0v) is 17.4. The van der Waals surface area contributed by atoms with Crippen LogP contribution in [-0.2, 0) is 4.74 Å². The molecule has 0 aliphatic carbocycles. The predicted octanol–water partition coefficient (Wildman–Crippen LogP) is 1.91. The molecule has 3 aromatic rings. The first-order valence-electron chi connectivity index (χ1n) is 9.29. The van der Waals surface area contributed by atoms with E-state index in [2.05, 4.69) is 19.9 Å². The van der Waals surface area contributed by atoms with Gasteiger partial charge in [0.2, 0.25) is 5.95 Å². The lowest BCUT2D eigenvalue weighted by molar-refractivity contribution is 0.0827. The van der Waals surface area contributed by atoms with Gasteiger partial charge in [0.15, 0.2) is 11.0 Å². The number of carbonyl (C=O) groups is 1. The fraction of sp³-hybridized carbons (Fsp3) is 0.316. The number of nitrogens with two attached hydrogens (primary N) is 1. The van der Waals surface area contributed by atoms with E-state index < -0.39 is 0 Å². The van der Waals surface area contributed by atoms with Crippen molar-refractivity contribution in [2.45, 2.75) is 0 Å². The molecule has 0 saturated carbocycles. The quantitative estimate of drug-likeness (QED) is 0.651. The highest BCUT2D eigenvalue weighted by atomic mass is 32.1. The predicted molar refractivity (Wildman–Crippen MR) is 113 cm³/mol. The van der Waals surface area contributed by atoms with Gasteiger partial charge in [0.1, 0.15) is 11.4 Å². The summed E-state index contributed by atoms with van der Waals surface area (Å²) < 4.78 is 11.3. The number of ether oxygens (including phenoxy) is 2. The molecular weight excluding hydrogens is 406 g/mol. The molecule has 1 amide bonds. The molecule has 1 aromatic carbocycles. The molecule has 0 spiro atoms. The monoisotopic (exact) mass is 427 g/mol. The third kappa shape index (κ3) is 4.47. The topological polar surface area (TPSA) is 120 Å². The Kier molecular flexibility index (Phi) is 5.72. The highest BCUT2D eigenvalue weighted by molar-refractivity contribution is 7.13. The van der Waals surface area contributed by atoms with Crippen molar-refractivity contribution in [1.82, 2.24) is 24.8 Å². The van der Waals surface area contributed by atoms with Gasteiger partial charge >= 0.3 is 6.01 Å². The van der Waals surface area contributed by atoms with Gasteiger partial charge in [-0.05, 0) is 24.3 Å². The van der Waals surface area contributed by atoms with E-state index in [1.165, 1.54) is 16.2 Å². The van der Waals surface area contributed by atoms with Crippen molar-refractivity contribution in [1.29, 1.82) is 0 Å². The molecule has 30 heavy (non-hydrogen) atoms. The van der Waals surface area contributed by atoms with Crippen molar-refractivity contribution in [2.75, 3.05) is 51.0 Å². The molecule has 1 aliphatic rings. The van der Waals surface area contributed by atoms with Crippen molar-refractivity contribution in [3.63, 3.8) is 0 Å². The number of aromatic nitrogens is 4. The van der Waals surface area contributed by atoms with E-state index in [-0.39, 0.29) is 11.9 Å². The number of benzene rings is 1. The Morgan fingerprint density at radius 1 is 1.13 bits per heavy atom. The summed E-state index contributed by atoms with van der Waals surface area (Å²) in [5.74, 6) is 1.30. The second-order valence-electron chi connectivity index (χ2n) is 6.74. The molecule has 0 atom stereocenters. The Balaban J connectivity index is 1.63. The van der Waals surface area contributed by atoms with E-state index in [9.17, 15) is 4.79 Å². The van der Waals surface area contributed by atoms with Crippen molar-refractivity contribution in [3.8, 4) is 23.3 Å². The molecule has 1 aliphatic heterocycles. The highest BCUT2D eigenvalue weighted by Crippen LogP contribution is 2.26. The maximum atomic E-state index is 12.1. The number of hydrogen-bond acceptors (Lipinski definition) is 10. The molecule has 11 heteroatoms. The van der Waals surface area contributed by atoms with Crippen LogP contribution in [0.4, 0.5) is 11.1 Å². The van der Waals surface area contributed by atoms with Crippen LogP contribution in [0.2, 0.25) is 0 Å². The Morgan fingerprint density at radius 2 is 1.87 bits per heavy atom. The lowest BCUT2D eigenvalue weighted by Crippen LogP contribution is -2.37.